The molecule has 0 saturated heterocycles. The Bertz CT molecular complexity index is 1440. The molecule has 4 aromatic rings. The van der Waals surface area contributed by atoms with Gasteiger partial charge in [0.15, 0.2) is 11.6 Å². The Morgan fingerprint density at radius 2 is 1.57 bits per heavy atom. The van der Waals surface area contributed by atoms with E-state index in [1.807, 2.05) is 24.3 Å². The molecular weight excluding hydrogens is 499 g/mol. The van der Waals surface area contributed by atoms with Gasteiger partial charge in [-0.2, -0.15) is 0 Å². The number of ether oxygens (including phenoxy) is 1. The Balaban J connectivity index is 1.22. The lowest BCUT2D eigenvalue weighted by Gasteiger charge is -2.29. The van der Waals surface area contributed by atoms with Crippen LogP contribution in [0.2, 0.25) is 0 Å². The molecule has 0 atom stereocenters. The molecule has 0 radical (unpaired) electrons. The molecule has 1 aromatic heterocycles. The van der Waals surface area contributed by atoms with Crippen molar-refractivity contribution < 1.29 is 13.5 Å². The lowest BCUT2D eigenvalue weighted by molar-refractivity contribution is 0.291. The summed E-state index contributed by atoms with van der Waals surface area (Å²) in [6.07, 6.45) is 12.7. The van der Waals surface area contributed by atoms with Gasteiger partial charge in [-0.3, -0.25) is 0 Å². The zero-order chi connectivity index (χ0) is 27.9. The molecule has 0 spiro atoms. The van der Waals surface area contributed by atoms with Gasteiger partial charge in [-0.05, 0) is 78.1 Å². The molecule has 0 unspecified atom stereocenters. The quantitative estimate of drug-likeness (QED) is 0.178. The molecule has 1 fully saturated rings. The highest BCUT2D eigenvalue weighted by Crippen LogP contribution is 2.38. The van der Waals surface area contributed by atoms with Crippen LogP contribution in [0, 0.1) is 11.7 Å². The Kier molecular flexibility index (Phi) is 9.36. The van der Waals surface area contributed by atoms with Crippen molar-refractivity contribution in [2.24, 2.45) is 5.92 Å². The number of unbranched alkanes of at least 4 members (excludes halogenated alkanes) is 2. The molecule has 0 bridgehead atoms. The zero-order valence-electron chi connectivity index (χ0n) is 23.9. The number of hydrogen-bond acceptors (Lipinski definition) is 3. The minimum absolute atomic E-state index is 0.0574. The second-order valence-electron chi connectivity index (χ2n) is 11.4. The van der Waals surface area contributed by atoms with Crippen LogP contribution in [0.4, 0.5) is 4.39 Å². The lowest BCUT2D eigenvalue weighted by Crippen LogP contribution is -2.13. The second-order valence-corrected chi connectivity index (χ2v) is 11.4. The van der Waals surface area contributed by atoms with E-state index in [-0.39, 0.29) is 17.7 Å². The summed E-state index contributed by atoms with van der Waals surface area (Å²) in [7, 11) is 0. The van der Waals surface area contributed by atoms with Crippen LogP contribution < -0.4 is 10.4 Å². The smallest absolute Gasteiger partial charge is 0.347 e. The fourth-order valence-corrected chi connectivity index (χ4v) is 6.11. The number of fused-ring (bicyclic) bond motifs is 1. The molecule has 4 heteroatoms. The first-order valence-electron chi connectivity index (χ1n) is 15.1. The Hall–Kier alpha value is -3.40. The largest absolute Gasteiger partial charge is 0.486 e. The van der Waals surface area contributed by atoms with Crippen LogP contribution in [0.25, 0.3) is 22.1 Å². The minimum atomic E-state index is -0.697. The zero-order valence-corrected chi connectivity index (χ0v) is 23.9. The number of hydrogen-bond donors (Lipinski definition) is 0. The highest BCUT2D eigenvalue weighted by atomic mass is 19.1. The van der Waals surface area contributed by atoms with Gasteiger partial charge in [0, 0.05) is 5.56 Å². The fourth-order valence-electron chi connectivity index (χ4n) is 6.11. The normalized spacial score (nSPS) is 17.3. The monoisotopic (exact) mass is 540 g/mol. The van der Waals surface area contributed by atoms with E-state index in [0.29, 0.717) is 17.1 Å². The van der Waals surface area contributed by atoms with E-state index in [2.05, 4.69) is 38.1 Å². The summed E-state index contributed by atoms with van der Waals surface area (Å²) in [6, 6.07) is 21.5. The van der Waals surface area contributed by atoms with Crippen LogP contribution in [0.15, 0.2) is 75.9 Å². The summed E-state index contributed by atoms with van der Waals surface area (Å²) in [4.78, 5) is 12.8. The highest BCUT2D eigenvalue weighted by molar-refractivity contribution is 5.86. The van der Waals surface area contributed by atoms with Gasteiger partial charge < -0.3 is 9.15 Å². The molecule has 0 amide bonds. The van der Waals surface area contributed by atoms with E-state index in [4.69, 9.17) is 9.15 Å². The SMILES string of the molecule is CCCCCC1CCC(c2ccc(COc3ccc4cc(-c5ccc(CCC)cc5)oc(=O)c4c3F)cc2)CC1. The van der Waals surface area contributed by atoms with Crippen LogP contribution >= 0.6 is 0 Å². The van der Waals surface area contributed by atoms with E-state index < -0.39 is 11.4 Å². The van der Waals surface area contributed by atoms with E-state index in [0.717, 1.165) is 29.9 Å². The average molecular weight is 541 g/mol. The average Bonchev–Trinajstić information content (AvgIpc) is 2.98. The molecule has 0 aliphatic heterocycles. The van der Waals surface area contributed by atoms with Gasteiger partial charge in [0.25, 0.3) is 0 Å². The molecular formula is C36H41FO3. The molecule has 5 rings (SSSR count). The van der Waals surface area contributed by atoms with Gasteiger partial charge in [-0.1, -0.05) is 101 Å². The molecule has 0 N–H and O–H groups in total. The van der Waals surface area contributed by atoms with Gasteiger partial charge in [0.1, 0.15) is 17.8 Å². The van der Waals surface area contributed by atoms with Crippen LogP contribution in [0.3, 0.4) is 0 Å². The molecule has 1 saturated carbocycles. The van der Waals surface area contributed by atoms with Crippen molar-refractivity contribution in [2.75, 3.05) is 0 Å². The highest BCUT2D eigenvalue weighted by Gasteiger charge is 2.22. The number of halogens is 1. The maximum Gasteiger partial charge on any atom is 0.347 e. The number of benzene rings is 3. The molecule has 40 heavy (non-hydrogen) atoms. The van der Waals surface area contributed by atoms with E-state index in [1.165, 1.54) is 62.5 Å². The third-order valence-corrected chi connectivity index (χ3v) is 8.52. The van der Waals surface area contributed by atoms with E-state index in [9.17, 15) is 4.79 Å². The molecule has 210 valence electrons. The fraction of sp³-hybridized carbons (Fsp3) is 0.417. The molecule has 1 aliphatic rings. The third kappa shape index (κ3) is 6.66. The summed E-state index contributed by atoms with van der Waals surface area (Å²) in [5.41, 5.74) is 3.70. The maximum atomic E-state index is 15.4. The van der Waals surface area contributed by atoms with Crippen molar-refractivity contribution in [3.63, 3.8) is 0 Å². The second kappa shape index (κ2) is 13.3. The van der Waals surface area contributed by atoms with Crippen molar-refractivity contribution in [3.8, 4) is 17.1 Å². The number of aryl methyl sites for hydroxylation is 1. The maximum absolute atomic E-state index is 15.4. The van der Waals surface area contributed by atoms with Crippen molar-refractivity contribution >= 4 is 10.8 Å². The summed E-state index contributed by atoms with van der Waals surface area (Å²) in [5.74, 6) is 1.34. The summed E-state index contributed by atoms with van der Waals surface area (Å²) < 4.78 is 26.7. The van der Waals surface area contributed by atoms with E-state index in [1.54, 1.807) is 18.2 Å². The van der Waals surface area contributed by atoms with Gasteiger partial charge in [0.2, 0.25) is 0 Å². The molecule has 1 heterocycles. The minimum Gasteiger partial charge on any atom is -0.486 e. The Morgan fingerprint density at radius 3 is 2.27 bits per heavy atom. The standard InChI is InChI=1S/C36H41FO3/c1-3-5-6-8-26-9-15-28(16-10-26)29-17-13-27(14-18-29)24-39-32-22-21-31-23-33(40-36(38)34(31)35(32)37)30-19-11-25(7-4-2)12-20-30/h11-14,17-23,26,28H,3-10,15-16,24H2,1-2H3. The van der Waals surface area contributed by atoms with Gasteiger partial charge >= 0.3 is 5.63 Å². The van der Waals surface area contributed by atoms with Crippen molar-refractivity contribution in [2.45, 2.75) is 90.6 Å². The van der Waals surface area contributed by atoms with Crippen molar-refractivity contribution in [1.82, 2.24) is 0 Å². The predicted molar refractivity (Wildman–Crippen MR) is 161 cm³/mol. The van der Waals surface area contributed by atoms with Crippen molar-refractivity contribution in [3.05, 3.63) is 99.7 Å². The van der Waals surface area contributed by atoms with Crippen LogP contribution in [-0.4, -0.2) is 0 Å². The van der Waals surface area contributed by atoms with Gasteiger partial charge in [-0.25, -0.2) is 9.18 Å². The van der Waals surface area contributed by atoms with E-state index >= 15 is 4.39 Å². The third-order valence-electron chi connectivity index (χ3n) is 8.52. The summed E-state index contributed by atoms with van der Waals surface area (Å²) >= 11 is 0. The Morgan fingerprint density at radius 1 is 0.850 bits per heavy atom. The van der Waals surface area contributed by atoms with Gasteiger partial charge in [-0.15, -0.1) is 0 Å². The van der Waals surface area contributed by atoms with Crippen molar-refractivity contribution in [1.29, 1.82) is 0 Å². The summed E-state index contributed by atoms with van der Waals surface area (Å²) in [6.45, 7) is 4.65. The first kappa shape index (κ1) is 28.1. The first-order chi connectivity index (χ1) is 19.6. The Labute approximate surface area is 237 Å². The molecule has 3 nitrogen and oxygen atoms in total. The molecule has 3 aromatic carbocycles. The van der Waals surface area contributed by atoms with Gasteiger partial charge in [0.05, 0.1) is 0 Å². The number of rotatable bonds is 11. The van der Waals surface area contributed by atoms with Crippen LogP contribution in [0.1, 0.15) is 94.2 Å². The summed E-state index contributed by atoms with van der Waals surface area (Å²) in [5, 5.41) is 0.419. The lowest BCUT2D eigenvalue weighted by atomic mass is 9.77. The molecule has 1 aliphatic carbocycles. The van der Waals surface area contributed by atoms with Crippen LogP contribution in [0.5, 0.6) is 5.75 Å². The first-order valence-corrected chi connectivity index (χ1v) is 15.1. The topological polar surface area (TPSA) is 39.4 Å². The predicted octanol–water partition coefficient (Wildman–Crippen LogP) is 9.98. The van der Waals surface area contributed by atoms with Crippen LogP contribution in [-0.2, 0) is 13.0 Å².